The van der Waals surface area contributed by atoms with Crippen molar-refractivity contribution in [1.82, 2.24) is 9.55 Å². The number of hydrogen-bond donors (Lipinski definition) is 1. The van der Waals surface area contributed by atoms with E-state index in [0.29, 0.717) is 18.4 Å². The van der Waals surface area contributed by atoms with Gasteiger partial charge in [-0.2, -0.15) is 0 Å². The predicted molar refractivity (Wildman–Crippen MR) is 79.1 cm³/mol. The van der Waals surface area contributed by atoms with Gasteiger partial charge in [-0.1, -0.05) is 12.8 Å². The summed E-state index contributed by atoms with van der Waals surface area (Å²) in [4.78, 5) is 4.79. The van der Waals surface area contributed by atoms with E-state index in [-0.39, 0.29) is 5.82 Å². The third-order valence-corrected chi connectivity index (χ3v) is 4.60. The number of nitrogens with zero attached hydrogens (tertiary/aromatic N) is 2. The molecular weight excluding hydrogens is 253 g/mol. The zero-order chi connectivity index (χ0) is 14.1. The molecule has 1 saturated carbocycles. The molecule has 1 aliphatic rings. The zero-order valence-electron chi connectivity index (χ0n) is 12.0. The molecule has 2 unspecified atom stereocenters. The molecule has 3 rings (SSSR count). The number of aryl methyl sites for hydroxylation is 1. The van der Waals surface area contributed by atoms with Crippen molar-refractivity contribution in [2.45, 2.75) is 45.1 Å². The Balaban J connectivity index is 2.10. The van der Waals surface area contributed by atoms with Crippen LogP contribution in [0.2, 0.25) is 0 Å². The molecule has 0 saturated heterocycles. The van der Waals surface area contributed by atoms with E-state index in [0.717, 1.165) is 29.8 Å². The van der Waals surface area contributed by atoms with Crippen LogP contribution < -0.4 is 5.73 Å². The lowest BCUT2D eigenvalue weighted by Gasteiger charge is -2.30. The Labute approximate surface area is 119 Å². The highest BCUT2D eigenvalue weighted by Gasteiger charge is 2.29. The van der Waals surface area contributed by atoms with Crippen molar-refractivity contribution in [2.75, 3.05) is 6.54 Å². The van der Waals surface area contributed by atoms with Crippen LogP contribution in [0.3, 0.4) is 0 Å². The summed E-state index contributed by atoms with van der Waals surface area (Å²) in [6, 6.07) is 4.86. The normalized spacial score (nSPS) is 23.4. The Kier molecular flexibility index (Phi) is 3.74. The fraction of sp³-hybridized carbons (Fsp3) is 0.562. The lowest BCUT2D eigenvalue weighted by Crippen LogP contribution is -2.27. The Morgan fingerprint density at radius 3 is 2.90 bits per heavy atom. The number of fused-ring (bicyclic) bond motifs is 1. The minimum Gasteiger partial charge on any atom is -0.330 e. The van der Waals surface area contributed by atoms with Crippen molar-refractivity contribution in [1.29, 1.82) is 0 Å². The number of benzene rings is 1. The van der Waals surface area contributed by atoms with E-state index in [1.54, 1.807) is 12.1 Å². The molecule has 0 amide bonds. The first-order valence-electron chi connectivity index (χ1n) is 7.60. The van der Waals surface area contributed by atoms with E-state index in [1.807, 2.05) is 0 Å². The SMILES string of the molecule is CCn1c(C2CCCCC2CN)nc2ccc(F)cc21. The molecule has 2 N–H and O–H groups in total. The fourth-order valence-corrected chi connectivity index (χ4v) is 3.56. The highest BCUT2D eigenvalue weighted by molar-refractivity contribution is 5.76. The largest absolute Gasteiger partial charge is 0.330 e. The van der Waals surface area contributed by atoms with Gasteiger partial charge in [0, 0.05) is 12.5 Å². The molecule has 1 aromatic heterocycles. The van der Waals surface area contributed by atoms with Crippen LogP contribution in [0.4, 0.5) is 4.39 Å². The van der Waals surface area contributed by atoms with Crippen molar-refractivity contribution < 1.29 is 4.39 Å². The van der Waals surface area contributed by atoms with Crippen molar-refractivity contribution in [3.8, 4) is 0 Å². The van der Waals surface area contributed by atoms with E-state index in [2.05, 4.69) is 11.5 Å². The van der Waals surface area contributed by atoms with Gasteiger partial charge in [0.05, 0.1) is 11.0 Å². The van der Waals surface area contributed by atoms with Gasteiger partial charge < -0.3 is 10.3 Å². The Morgan fingerprint density at radius 1 is 1.35 bits per heavy atom. The summed E-state index contributed by atoms with van der Waals surface area (Å²) in [5.41, 5.74) is 7.74. The molecule has 0 radical (unpaired) electrons. The minimum absolute atomic E-state index is 0.197. The molecule has 1 aliphatic carbocycles. The van der Waals surface area contributed by atoms with Crippen LogP contribution in [0, 0.1) is 11.7 Å². The van der Waals surface area contributed by atoms with E-state index in [1.165, 1.54) is 25.3 Å². The van der Waals surface area contributed by atoms with Crippen molar-refractivity contribution in [3.05, 3.63) is 29.8 Å². The number of rotatable bonds is 3. The van der Waals surface area contributed by atoms with E-state index < -0.39 is 0 Å². The molecule has 2 atom stereocenters. The summed E-state index contributed by atoms with van der Waals surface area (Å²) < 4.78 is 15.6. The van der Waals surface area contributed by atoms with E-state index in [4.69, 9.17) is 10.7 Å². The molecule has 1 heterocycles. The van der Waals surface area contributed by atoms with E-state index >= 15 is 0 Å². The second-order valence-corrected chi connectivity index (χ2v) is 5.73. The highest BCUT2D eigenvalue weighted by atomic mass is 19.1. The molecule has 1 fully saturated rings. The molecule has 3 nitrogen and oxygen atoms in total. The number of hydrogen-bond acceptors (Lipinski definition) is 2. The average Bonchev–Trinajstić information content (AvgIpc) is 2.84. The third kappa shape index (κ3) is 2.22. The van der Waals surface area contributed by atoms with Crippen LogP contribution in [0.1, 0.15) is 44.3 Å². The smallest absolute Gasteiger partial charge is 0.125 e. The Hall–Kier alpha value is -1.42. The Bertz CT molecular complexity index is 605. The summed E-state index contributed by atoms with van der Waals surface area (Å²) in [5.74, 6) is 1.83. The first-order valence-corrected chi connectivity index (χ1v) is 7.60. The van der Waals surface area contributed by atoms with Crippen LogP contribution in [0.25, 0.3) is 11.0 Å². The van der Waals surface area contributed by atoms with Crippen LogP contribution in [0.15, 0.2) is 18.2 Å². The summed E-state index contributed by atoms with van der Waals surface area (Å²) in [7, 11) is 0. The first-order chi connectivity index (χ1) is 9.74. The lowest BCUT2D eigenvalue weighted by atomic mass is 9.78. The van der Waals surface area contributed by atoms with Crippen molar-refractivity contribution in [2.24, 2.45) is 11.7 Å². The van der Waals surface area contributed by atoms with Crippen molar-refractivity contribution in [3.63, 3.8) is 0 Å². The second kappa shape index (κ2) is 5.52. The van der Waals surface area contributed by atoms with Gasteiger partial charge in [-0.15, -0.1) is 0 Å². The highest BCUT2D eigenvalue weighted by Crippen LogP contribution is 2.38. The van der Waals surface area contributed by atoms with Gasteiger partial charge in [-0.3, -0.25) is 0 Å². The molecule has 0 aliphatic heterocycles. The lowest BCUT2D eigenvalue weighted by molar-refractivity contribution is 0.299. The predicted octanol–water partition coefficient (Wildman–Crippen LogP) is 3.43. The first kappa shape index (κ1) is 13.6. The van der Waals surface area contributed by atoms with Gasteiger partial charge in [0.1, 0.15) is 11.6 Å². The molecular formula is C16H22FN3. The minimum atomic E-state index is -0.197. The maximum Gasteiger partial charge on any atom is 0.125 e. The number of nitrogens with two attached hydrogens (primary N) is 1. The maximum atomic E-state index is 13.5. The molecule has 0 spiro atoms. The quantitative estimate of drug-likeness (QED) is 0.932. The van der Waals surface area contributed by atoms with Gasteiger partial charge in [0.25, 0.3) is 0 Å². The number of aromatic nitrogens is 2. The van der Waals surface area contributed by atoms with Gasteiger partial charge in [-0.25, -0.2) is 9.37 Å². The molecule has 4 heteroatoms. The molecule has 20 heavy (non-hydrogen) atoms. The molecule has 108 valence electrons. The molecule has 0 bridgehead atoms. The van der Waals surface area contributed by atoms with Crippen molar-refractivity contribution >= 4 is 11.0 Å². The fourth-order valence-electron chi connectivity index (χ4n) is 3.56. The third-order valence-electron chi connectivity index (χ3n) is 4.60. The zero-order valence-corrected chi connectivity index (χ0v) is 12.0. The monoisotopic (exact) mass is 275 g/mol. The summed E-state index contributed by atoms with van der Waals surface area (Å²) in [6.45, 7) is 3.63. The van der Waals surface area contributed by atoms with Crippen LogP contribution in [-0.2, 0) is 6.54 Å². The van der Waals surface area contributed by atoms with Gasteiger partial charge >= 0.3 is 0 Å². The summed E-state index contributed by atoms with van der Waals surface area (Å²) >= 11 is 0. The average molecular weight is 275 g/mol. The van der Waals surface area contributed by atoms with Crippen LogP contribution in [-0.4, -0.2) is 16.1 Å². The molecule has 2 aromatic rings. The number of halogens is 1. The topological polar surface area (TPSA) is 43.8 Å². The number of imidazole rings is 1. The van der Waals surface area contributed by atoms with E-state index in [9.17, 15) is 4.39 Å². The maximum absolute atomic E-state index is 13.5. The van der Waals surface area contributed by atoms with Crippen LogP contribution >= 0.6 is 0 Å². The van der Waals surface area contributed by atoms with Gasteiger partial charge in [0.15, 0.2) is 0 Å². The second-order valence-electron chi connectivity index (χ2n) is 5.73. The molecule has 1 aromatic carbocycles. The Morgan fingerprint density at radius 2 is 2.15 bits per heavy atom. The standard InChI is InChI=1S/C16H22FN3/c1-2-20-15-9-12(17)7-8-14(15)19-16(20)13-6-4-3-5-11(13)10-18/h7-9,11,13H,2-6,10,18H2,1H3. The van der Waals surface area contributed by atoms with Crippen LogP contribution in [0.5, 0.6) is 0 Å². The summed E-state index contributed by atoms with van der Waals surface area (Å²) in [6.07, 6.45) is 4.83. The summed E-state index contributed by atoms with van der Waals surface area (Å²) in [5, 5.41) is 0. The van der Waals surface area contributed by atoms with Gasteiger partial charge in [-0.05, 0) is 50.4 Å². The van der Waals surface area contributed by atoms with Gasteiger partial charge in [0.2, 0.25) is 0 Å².